The SMILES string of the molecule is CCCC(CC1CC/C(CC(C)=O)=C\C/C(C)=C/C(=O)C1)C(CC)C(=O)CC(C)=O. The fraction of sp³-hybridized carbons (Fsp3) is 0.692. The molecule has 3 atom stereocenters. The second-order valence-corrected chi connectivity index (χ2v) is 9.16. The highest BCUT2D eigenvalue weighted by Crippen LogP contribution is 2.34. The Bertz CT molecular complexity index is 683. The molecule has 0 amide bonds. The summed E-state index contributed by atoms with van der Waals surface area (Å²) in [5, 5.41) is 0. The number of carbonyl (C=O) groups excluding carboxylic acids is 4. The van der Waals surface area contributed by atoms with Crippen LogP contribution in [0.4, 0.5) is 0 Å². The van der Waals surface area contributed by atoms with E-state index < -0.39 is 0 Å². The Kier molecular flexibility index (Phi) is 11.8. The van der Waals surface area contributed by atoms with Crippen molar-refractivity contribution in [1.82, 2.24) is 0 Å². The van der Waals surface area contributed by atoms with E-state index in [1.807, 2.05) is 13.8 Å². The lowest BCUT2D eigenvalue weighted by Gasteiger charge is -2.29. The van der Waals surface area contributed by atoms with Crippen molar-refractivity contribution in [3.63, 3.8) is 0 Å². The summed E-state index contributed by atoms with van der Waals surface area (Å²) < 4.78 is 0. The van der Waals surface area contributed by atoms with Gasteiger partial charge in [0.15, 0.2) is 5.78 Å². The van der Waals surface area contributed by atoms with Crippen LogP contribution in [-0.4, -0.2) is 23.1 Å². The molecule has 168 valence electrons. The van der Waals surface area contributed by atoms with Gasteiger partial charge in [-0.3, -0.25) is 19.2 Å². The fourth-order valence-corrected chi connectivity index (χ4v) is 4.74. The van der Waals surface area contributed by atoms with Crippen LogP contribution in [0.15, 0.2) is 23.3 Å². The third-order valence-corrected chi connectivity index (χ3v) is 6.10. The van der Waals surface area contributed by atoms with Crippen molar-refractivity contribution in [3.05, 3.63) is 23.3 Å². The maximum absolute atomic E-state index is 12.7. The first-order chi connectivity index (χ1) is 14.2. The molecule has 0 aromatic heterocycles. The second kappa shape index (κ2) is 13.5. The average Bonchev–Trinajstić information content (AvgIpc) is 2.62. The van der Waals surface area contributed by atoms with E-state index in [1.165, 1.54) is 6.92 Å². The van der Waals surface area contributed by atoms with Crippen LogP contribution in [0.1, 0.15) is 98.8 Å². The molecule has 1 aliphatic rings. The highest BCUT2D eigenvalue weighted by atomic mass is 16.1. The van der Waals surface area contributed by atoms with Gasteiger partial charge in [-0.1, -0.05) is 43.9 Å². The zero-order chi connectivity index (χ0) is 22.7. The molecule has 0 radical (unpaired) electrons. The third kappa shape index (κ3) is 9.77. The van der Waals surface area contributed by atoms with Crippen LogP contribution in [0.2, 0.25) is 0 Å². The minimum Gasteiger partial charge on any atom is -0.300 e. The van der Waals surface area contributed by atoms with Crippen LogP contribution < -0.4 is 0 Å². The van der Waals surface area contributed by atoms with Crippen molar-refractivity contribution in [2.45, 2.75) is 98.8 Å². The topological polar surface area (TPSA) is 68.3 Å². The van der Waals surface area contributed by atoms with Crippen LogP contribution in [0.25, 0.3) is 0 Å². The number of hydrogen-bond acceptors (Lipinski definition) is 4. The molecule has 0 bridgehead atoms. The van der Waals surface area contributed by atoms with Gasteiger partial charge in [-0.25, -0.2) is 0 Å². The van der Waals surface area contributed by atoms with E-state index in [4.69, 9.17) is 0 Å². The van der Waals surface area contributed by atoms with Gasteiger partial charge < -0.3 is 0 Å². The highest BCUT2D eigenvalue weighted by Gasteiger charge is 2.29. The van der Waals surface area contributed by atoms with Crippen LogP contribution in [0.5, 0.6) is 0 Å². The fourth-order valence-electron chi connectivity index (χ4n) is 4.74. The number of Topliss-reactive ketones (excluding diaryl/α,β-unsaturated/α-hetero) is 3. The van der Waals surface area contributed by atoms with Gasteiger partial charge in [0.25, 0.3) is 0 Å². The number of hydrogen-bond donors (Lipinski definition) is 0. The predicted molar refractivity (Wildman–Crippen MR) is 121 cm³/mol. The number of allylic oxidation sites excluding steroid dienone is 4. The molecule has 0 saturated heterocycles. The minimum absolute atomic E-state index is 0.00967. The minimum atomic E-state index is -0.121. The first kappa shape index (κ1) is 26.2. The molecule has 0 aromatic carbocycles. The normalized spacial score (nSPS) is 23.5. The summed E-state index contributed by atoms with van der Waals surface area (Å²) in [5.41, 5.74) is 2.18. The van der Waals surface area contributed by atoms with Crippen molar-refractivity contribution < 1.29 is 19.2 Å². The van der Waals surface area contributed by atoms with Crippen LogP contribution >= 0.6 is 0 Å². The molecule has 0 spiro atoms. The molecule has 0 aromatic rings. The summed E-state index contributed by atoms with van der Waals surface area (Å²) in [6.07, 6.45) is 10.7. The molecule has 30 heavy (non-hydrogen) atoms. The Morgan fingerprint density at radius 2 is 1.83 bits per heavy atom. The Morgan fingerprint density at radius 3 is 2.40 bits per heavy atom. The van der Waals surface area contributed by atoms with E-state index in [0.29, 0.717) is 12.8 Å². The van der Waals surface area contributed by atoms with E-state index in [0.717, 1.165) is 56.1 Å². The van der Waals surface area contributed by atoms with E-state index in [-0.39, 0.29) is 47.3 Å². The third-order valence-electron chi connectivity index (χ3n) is 6.10. The summed E-state index contributed by atoms with van der Waals surface area (Å²) in [5.74, 6) is 0.536. The quantitative estimate of drug-likeness (QED) is 0.307. The van der Waals surface area contributed by atoms with Crippen molar-refractivity contribution >= 4 is 23.1 Å². The Labute approximate surface area is 182 Å². The maximum Gasteiger partial charge on any atom is 0.155 e. The van der Waals surface area contributed by atoms with E-state index in [1.54, 1.807) is 13.0 Å². The Hall–Kier alpha value is -1.84. The summed E-state index contributed by atoms with van der Waals surface area (Å²) in [4.78, 5) is 48.4. The lowest BCUT2D eigenvalue weighted by Crippen LogP contribution is -2.27. The number of carbonyl (C=O) groups is 4. The van der Waals surface area contributed by atoms with Crippen LogP contribution in [0, 0.1) is 17.8 Å². The lowest BCUT2D eigenvalue weighted by atomic mass is 9.75. The van der Waals surface area contributed by atoms with Crippen LogP contribution in [-0.2, 0) is 19.2 Å². The monoisotopic (exact) mass is 416 g/mol. The lowest BCUT2D eigenvalue weighted by molar-refractivity contribution is -0.130. The molecule has 0 fully saturated rings. The summed E-state index contributed by atoms with van der Waals surface area (Å²) in [6.45, 7) is 9.19. The summed E-state index contributed by atoms with van der Waals surface area (Å²) in [7, 11) is 0. The first-order valence-electron chi connectivity index (χ1n) is 11.6. The van der Waals surface area contributed by atoms with Gasteiger partial charge in [0.2, 0.25) is 0 Å². The van der Waals surface area contributed by atoms with E-state index in [2.05, 4.69) is 13.0 Å². The molecule has 4 heteroatoms. The van der Waals surface area contributed by atoms with E-state index >= 15 is 0 Å². The van der Waals surface area contributed by atoms with Crippen molar-refractivity contribution in [1.29, 1.82) is 0 Å². The smallest absolute Gasteiger partial charge is 0.155 e. The number of rotatable bonds is 11. The first-order valence-corrected chi connectivity index (χ1v) is 11.6. The molecule has 1 aliphatic carbocycles. The molecule has 3 unspecified atom stereocenters. The molecule has 0 saturated carbocycles. The van der Waals surface area contributed by atoms with Gasteiger partial charge in [0, 0.05) is 18.8 Å². The van der Waals surface area contributed by atoms with Gasteiger partial charge in [-0.15, -0.1) is 0 Å². The van der Waals surface area contributed by atoms with Gasteiger partial charge in [0.1, 0.15) is 17.3 Å². The molecular formula is C26H40O4. The van der Waals surface area contributed by atoms with Gasteiger partial charge in [0.05, 0.1) is 6.42 Å². The van der Waals surface area contributed by atoms with Crippen LogP contribution in [0.3, 0.4) is 0 Å². The van der Waals surface area contributed by atoms with Crippen molar-refractivity contribution in [2.24, 2.45) is 17.8 Å². The summed E-state index contributed by atoms with van der Waals surface area (Å²) in [6, 6.07) is 0. The van der Waals surface area contributed by atoms with Crippen molar-refractivity contribution in [2.75, 3.05) is 0 Å². The average molecular weight is 417 g/mol. The van der Waals surface area contributed by atoms with Gasteiger partial charge >= 0.3 is 0 Å². The highest BCUT2D eigenvalue weighted by molar-refractivity contribution is 5.99. The molecule has 0 N–H and O–H groups in total. The standard InChI is InChI=1S/C26H40O4/c1-6-8-23(25(7-2)26(30)15-20(5)28)16-22-12-11-21(14-19(4)27)10-9-18(3)13-24(29)17-22/h10,13,22-23,25H,6-9,11-12,14-17H2,1-5H3/b18-13+,21-10+. The molecule has 0 aliphatic heterocycles. The van der Waals surface area contributed by atoms with Crippen molar-refractivity contribution in [3.8, 4) is 0 Å². The second-order valence-electron chi connectivity index (χ2n) is 9.16. The van der Waals surface area contributed by atoms with Gasteiger partial charge in [-0.05, 0) is 70.8 Å². The molecule has 1 rings (SSSR count). The molecule has 4 nitrogen and oxygen atoms in total. The predicted octanol–water partition coefficient (Wildman–Crippen LogP) is 5.98. The van der Waals surface area contributed by atoms with E-state index in [9.17, 15) is 19.2 Å². The molecular weight excluding hydrogens is 376 g/mol. The Morgan fingerprint density at radius 1 is 1.13 bits per heavy atom. The van der Waals surface area contributed by atoms with Gasteiger partial charge in [-0.2, -0.15) is 0 Å². The summed E-state index contributed by atoms with van der Waals surface area (Å²) >= 11 is 0. The number of ketones is 4. The zero-order valence-corrected chi connectivity index (χ0v) is 19.6. The zero-order valence-electron chi connectivity index (χ0n) is 19.6. The Balaban J connectivity index is 3.04. The largest absolute Gasteiger partial charge is 0.300 e. The molecule has 0 heterocycles. The maximum atomic E-state index is 12.7.